The molecular weight excluding hydrogens is 364 g/mol. The number of hydrogen-bond acceptors (Lipinski definition) is 4. The first-order valence-electron chi connectivity index (χ1n) is 8.90. The summed E-state index contributed by atoms with van der Waals surface area (Å²) in [7, 11) is -1.57. The number of nitrogens with zero attached hydrogens (tertiary/aromatic N) is 1. The molecule has 27 heavy (non-hydrogen) atoms. The zero-order chi connectivity index (χ0) is 19.4. The van der Waals surface area contributed by atoms with E-state index in [-0.39, 0.29) is 10.8 Å². The standard InChI is InChI=1S/C19H24N4O3S/c1-15-3-7-17(8-4-15)21-27(25,26)18-9-5-16(6-10-18)19(24)20-23-13-11-22(2)12-14-23/h3-10,21H,11-14H2,1-2H3,(H,20,24)/p+1. The molecule has 0 aromatic heterocycles. The van der Waals surface area contributed by atoms with Gasteiger partial charge in [0.05, 0.1) is 38.1 Å². The molecule has 3 rings (SSSR count). The summed E-state index contributed by atoms with van der Waals surface area (Å²) in [5, 5.41) is 1.90. The van der Waals surface area contributed by atoms with Crippen LogP contribution in [0.5, 0.6) is 0 Å². The number of aryl methyl sites for hydroxylation is 1. The molecule has 1 amide bonds. The highest BCUT2D eigenvalue weighted by Gasteiger charge is 2.20. The summed E-state index contributed by atoms with van der Waals surface area (Å²) in [6.45, 7) is 5.48. The zero-order valence-corrected chi connectivity index (χ0v) is 16.3. The fourth-order valence-corrected chi connectivity index (χ4v) is 3.89. The van der Waals surface area contributed by atoms with E-state index >= 15 is 0 Å². The lowest BCUT2D eigenvalue weighted by atomic mass is 10.2. The van der Waals surface area contributed by atoms with Gasteiger partial charge in [-0.15, -0.1) is 0 Å². The molecule has 2 aromatic rings. The van der Waals surface area contributed by atoms with Crippen LogP contribution in [0.2, 0.25) is 0 Å². The van der Waals surface area contributed by atoms with Gasteiger partial charge in [0.2, 0.25) is 0 Å². The lowest BCUT2D eigenvalue weighted by Gasteiger charge is -2.30. The normalized spacial score (nSPS) is 16.1. The van der Waals surface area contributed by atoms with Crippen molar-refractivity contribution in [1.82, 2.24) is 10.4 Å². The topological polar surface area (TPSA) is 82.9 Å². The fraction of sp³-hybridized carbons (Fsp3) is 0.316. The van der Waals surface area contributed by atoms with Gasteiger partial charge in [-0.05, 0) is 43.3 Å². The summed E-state index contributed by atoms with van der Waals surface area (Å²) in [5.74, 6) is -0.231. The Balaban J connectivity index is 1.65. The van der Waals surface area contributed by atoms with Crippen LogP contribution in [-0.2, 0) is 10.0 Å². The number of carbonyl (C=O) groups is 1. The van der Waals surface area contributed by atoms with Crippen LogP contribution < -0.4 is 15.0 Å². The predicted molar refractivity (Wildman–Crippen MR) is 104 cm³/mol. The van der Waals surface area contributed by atoms with Gasteiger partial charge in [0, 0.05) is 11.3 Å². The first kappa shape index (κ1) is 19.3. The lowest BCUT2D eigenvalue weighted by Crippen LogP contribution is -3.12. The van der Waals surface area contributed by atoms with Gasteiger partial charge in [0.1, 0.15) is 0 Å². The van der Waals surface area contributed by atoms with Crippen molar-refractivity contribution in [2.45, 2.75) is 11.8 Å². The molecular formula is C19H25N4O3S+. The molecule has 1 aliphatic heterocycles. The number of piperazine rings is 1. The quantitative estimate of drug-likeness (QED) is 0.686. The minimum atomic E-state index is -3.70. The molecule has 1 fully saturated rings. The molecule has 0 radical (unpaired) electrons. The molecule has 1 heterocycles. The molecule has 2 aromatic carbocycles. The Kier molecular flexibility index (Phi) is 5.79. The van der Waals surface area contributed by atoms with Crippen molar-refractivity contribution in [3.8, 4) is 0 Å². The highest BCUT2D eigenvalue weighted by Crippen LogP contribution is 2.17. The van der Waals surface area contributed by atoms with Gasteiger partial charge < -0.3 is 4.90 Å². The van der Waals surface area contributed by atoms with E-state index in [1.54, 1.807) is 12.1 Å². The number of quaternary nitrogens is 1. The van der Waals surface area contributed by atoms with Crippen molar-refractivity contribution in [2.75, 3.05) is 37.9 Å². The smallest absolute Gasteiger partial charge is 0.265 e. The molecule has 0 aliphatic carbocycles. The molecule has 1 aliphatic rings. The number of likely N-dealkylation sites (N-methyl/N-ethyl adjacent to an activating group) is 1. The van der Waals surface area contributed by atoms with Crippen molar-refractivity contribution in [2.24, 2.45) is 0 Å². The number of anilines is 1. The Hall–Kier alpha value is -2.42. The number of carbonyl (C=O) groups excluding carboxylic acids is 1. The minimum Gasteiger partial charge on any atom is -0.335 e. The summed E-state index contributed by atoms with van der Waals surface area (Å²) >= 11 is 0. The molecule has 8 heteroatoms. The highest BCUT2D eigenvalue weighted by atomic mass is 32.2. The minimum absolute atomic E-state index is 0.114. The second-order valence-corrected chi connectivity index (χ2v) is 8.56. The number of benzene rings is 2. The van der Waals surface area contributed by atoms with Gasteiger partial charge in [-0.2, -0.15) is 0 Å². The average molecular weight is 390 g/mol. The van der Waals surface area contributed by atoms with Crippen molar-refractivity contribution >= 4 is 21.6 Å². The number of rotatable bonds is 5. The summed E-state index contributed by atoms with van der Waals surface area (Å²) < 4.78 is 27.5. The van der Waals surface area contributed by atoms with Gasteiger partial charge in [-0.3, -0.25) is 14.9 Å². The Morgan fingerprint density at radius 1 is 1.00 bits per heavy atom. The molecule has 1 saturated heterocycles. The van der Waals surface area contributed by atoms with Crippen LogP contribution >= 0.6 is 0 Å². The maximum Gasteiger partial charge on any atom is 0.265 e. The second-order valence-electron chi connectivity index (χ2n) is 6.88. The van der Waals surface area contributed by atoms with E-state index in [2.05, 4.69) is 17.2 Å². The van der Waals surface area contributed by atoms with E-state index in [9.17, 15) is 13.2 Å². The molecule has 144 valence electrons. The van der Waals surface area contributed by atoms with Gasteiger partial charge in [0.25, 0.3) is 15.9 Å². The van der Waals surface area contributed by atoms with E-state index in [1.807, 2.05) is 24.1 Å². The van der Waals surface area contributed by atoms with Crippen molar-refractivity contribution < 1.29 is 18.1 Å². The van der Waals surface area contributed by atoms with E-state index in [0.29, 0.717) is 11.3 Å². The summed E-state index contributed by atoms with van der Waals surface area (Å²) in [5.41, 5.74) is 4.85. The predicted octanol–water partition coefficient (Wildman–Crippen LogP) is 0.271. The Morgan fingerprint density at radius 2 is 1.59 bits per heavy atom. The first-order chi connectivity index (χ1) is 12.8. The van der Waals surface area contributed by atoms with Crippen molar-refractivity contribution in [3.05, 3.63) is 59.7 Å². The van der Waals surface area contributed by atoms with Crippen LogP contribution in [0.3, 0.4) is 0 Å². The molecule has 0 atom stereocenters. The number of hydrogen-bond donors (Lipinski definition) is 3. The summed E-state index contributed by atoms with van der Waals surface area (Å²) in [6, 6.07) is 13.1. The largest absolute Gasteiger partial charge is 0.335 e. The van der Waals surface area contributed by atoms with Crippen LogP contribution in [-0.4, -0.2) is 52.6 Å². The molecule has 0 saturated carbocycles. The first-order valence-corrected chi connectivity index (χ1v) is 10.4. The van der Waals surface area contributed by atoms with E-state index in [0.717, 1.165) is 31.7 Å². The third-order valence-corrected chi connectivity index (χ3v) is 6.00. The van der Waals surface area contributed by atoms with Gasteiger partial charge >= 0.3 is 0 Å². The number of sulfonamides is 1. The summed E-state index contributed by atoms with van der Waals surface area (Å²) in [6.07, 6.45) is 0. The summed E-state index contributed by atoms with van der Waals surface area (Å²) in [4.78, 5) is 13.9. The van der Waals surface area contributed by atoms with Crippen LogP contribution in [0, 0.1) is 6.92 Å². The molecule has 0 unspecified atom stereocenters. The number of nitrogens with one attached hydrogen (secondary N) is 3. The zero-order valence-electron chi connectivity index (χ0n) is 15.5. The monoisotopic (exact) mass is 389 g/mol. The van der Waals surface area contributed by atoms with E-state index in [1.165, 1.54) is 29.2 Å². The maximum atomic E-state index is 12.5. The van der Waals surface area contributed by atoms with Gasteiger partial charge in [0.15, 0.2) is 0 Å². The van der Waals surface area contributed by atoms with Crippen LogP contribution in [0.15, 0.2) is 53.4 Å². The van der Waals surface area contributed by atoms with Gasteiger partial charge in [-0.25, -0.2) is 13.4 Å². The number of amides is 1. The van der Waals surface area contributed by atoms with Crippen LogP contribution in [0.25, 0.3) is 0 Å². The Labute approximate surface area is 160 Å². The van der Waals surface area contributed by atoms with Crippen molar-refractivity contribution in [3.63, 3.8) is 0 Å². The SMILES string of the molecule is Cc1ccc(NS(=O)(=O)c2ccc(C(=O)NN3CC[NH+](C)CC3)cc2)cc1. The van der Waals surface area contributed by atoms with Crippen LogP contribution in [0.4, 0.5) is 5.69 Å². The Morgan fingerprint density at radius 3 is 2.19 bits per heavy atom. The molecule has 3 N–H and O–H groups in total. The third-order valence-electron chi connectivity index (χ3n) is 4.61. The molecule has 7 nitrogen and oxygen atoms in total. The Bertz CT molecular complexity index is 888. The van der Waals surface area contributed by atoms with E-state index in [4.69, 9.17) is 0 Å². The van der Waals surface area contributed by atoms with Gasteiger partial charge in [-0.1, -0.05) is 17.7 Å². The fourth-order valence-electron chi connectivity index (χ4n) is 2.83. The molecule has 0 bridgehead atoms. The number of hydrazine groups is 1. The molecule has 0 spiro atoms. The van der Waals surface area contributed by atoms with Crippen LogP contribution in [0.1, 0.15) is 15.9 Å². The highest BCUT2D eigenvalue weighted by molar-refractivity contribution is 7.92. The second kappa shape index (κ2) is 8.08. The van der Waals surface area contributed by atoms with Crippen molar-refractivity contribution in [1.29, 1.82) is 0 Å². The maximum absolute atomic E-state index is 12.5. The van der Waals surface area contributed by atoms with E-state index < -0.39 is 10.0 Å². The lowest BCUT2D eigenvalue weighted by molar-refractivity contribution is -0.884. The average Bonchev–Trinajstić information content (AvgIpc) is 2.65. The third kappa shape index (κ3) is 5.06.